The van der Waals surface area contributed by atoms with Crippen LogP contribution >= 0.6 is 0 Å². The van der Waals surface area contributed by atoms with E-state index in [1.807, 2.05) is 0 Å². The van der Waals surface area contributed by atoms with Crippen molar-refractivity contribution in [2.45, 2.75) is 31.3 Å². The quantitative estimate of drug-likeness (QED) is 0.529. The lowest BCUT2D eigenvalue weighted by molar-refractivity contribution is -0.136. The van der Waals surface area contributed by atoms with Gasteiger partial charge in [0.15, 0.2) is 0 Å². The van der Waals surface area contributed by atoms with E-state index in [2.05, 4.69) is 0 Å². The van der Waals surface area contributed by atoms with Crippen LogP contribution < -0.4 is 0 Å². The molecule has 0 bridgehead atoms. The lowest BCUT2D eigenvalue weighted by Crippen LogP contribution is -2.15. The zero-order valence-electron chi connectivity index (χ0n) is 5.30. The van der Waals surface area contributed by atoms with E-state index in [0.29, 0.717) is 6.47 Å². The summed E-state index contributed by atoms with van der Waals surface area (Å²) in [6.45, 7) is 0.602. The summed E-state index contributed by atoms with van der Waals surface area (Å²) >= 11 is 0. The highest BCUT2D eigenvalue weighted by Gasteiger charge is 2.56. The Kier molecular flexibility index (Phi) is 0.875. The molecule has 2 saturated carbocycles. The average molecular weight is 126 g/mol. The van der Waals surface area contributed by atoms with Crippen molar-refractivity contribution in [2.75, 3.05) is 0 Å². The van der Waals surface area contributed by atoms with Crippen LogP contribution in [-0.2, 0) is 9.53 Å². The Morgan fingerprint density at radius 3 is 2.44 bits per heavy atom. The molecule has 0 spiro atoms. The Morgan fingerprint density at radius 2 is 2.11 bits per heavy atom. The molecule has 9 heavy (non-hydrogen) atoms. The molecule has 0 saturated heterocycles. The fourth-order valence-electron chi connectivity index (χ4n) is 1.45. The molecule has 2 aliphatic carbocycles. The van der Waals surface area contributed by atoms with E-state index in [9.17, 15) is 4.79 Å². The van der Waals surface area contributed by atoms with Crippen LogP contribution in [0.5, 0.6) is 0 Å². The number of rotatable bonds is 3. The second-order valence-corrected chi connectivity index (χ2v) is 3.05. The van der Waals surface area contributed by atoms with E-state index in [0.717, 1.165) is 18.8 Å². The van der Waals surface area contributed by atoms with Gasteiger partial charge in [-0.2, -0.15) is 0 Å². The van der Waals surface area contributed by atoms with Crippen molar-refractivity contribution in [1.82, 2.24) is 0 Å². The highest BCUT2D eigenvalue weighted by Crippen LogP contribution is 2.55. The van der Waals surface area contributed by atoms with Crippen molar-refractivity contribution < 1.29 is 9.53 Å². The van der Waals surface area contributed by atoms with Crippen LogP contribution in [-0.4, -0.2) is 12.1 Å². The van der Waals surface area contributed by atoms with Gasteiger partial charge in [0.1, 0.15) is 5.60 Å². The first kappa shape index (κ1) is 5.27. The van der Waals surface area contributed by atoms with Crippen LogP contribution in [0.25, 0.3) is 0 Å². The van der Waals surface area contributed by atoms with Crippen molar-refractivity contribution in [1.29, 1.82) is 0 Å². The van der Waals surface area contributed by atoms with Gasteiger partial charge < -0.3 is 4.74 Å². The zero-order chi connectivity index (χ0) is 6.32. The molecule has 0 N–H and O–H groups in total. The van der Waals surface area contributed by atoms with Gasteiger partial charge in [-0.25, -0.2) is 0 Å². The van der Waals surface area contributed by atoms with Gasteiger partial charge in [0, 0.05) is 0 Å². The summed E-state index contributed by atoms with van der Waals surface area (Å²) in [6, 6.07) is 0. The molecule has 0 radical (unpaired) electrons. The van der Waals surface area contributed by atoms with Gasteiger partial charge in [-0.1, -0.05) is 0 Å². The molecule has 0 amide bonds. The van der Waals surface area contributed by atoms with Crippen LogP contribution in [0.4, 0.5) is 0 Å². The van der Waals surface area contributed by atoms with Crippen LogP contribution in [0.15, 0.2) is 0 Å². The van der Waals surface area contributed by atoms with Crippen LogP contribution in [0.1, 0.15) is 25.7 Å². The lowest BCUT2D eigenvalue weighted by Gasteiger charge is -2.09. The van der Waals surface area contributed by atoms with Gasteiger partial charge in [0.05, 0.1) is 0 Å². The number of ether oxygens (including phenoxy) is 1. The summed E-state index contributed by atoms with van der Waals surface area (Å²) < 4.78 is 4.98. The van der Waals surface area contributed by atoms with Gasteiger partial charge in [-0.15, -0.1) is 0 Å². The van der Waals surface area contributed by atoms with Crippen molar-refractivity contribution >= 4 is 6.47 Å². The summed E-state index contributed by atoms with van der Waals surface area (Å²) in [4.78, 5) is 9.97. The fraction of sp³-hybridized carbons (Fsp3) is 0.857. The Balaban J connectivity index is 1.96. The maximum Gasteiger partial charge on any atom is 0.293 e. The van der Waals surface area contributed by atoms with Gasteiger partial charge in [-0.3, -0.25) is 4.79 Å². The van der Waals surface area contributed by atoms with Crippen molar-refractivity contribution in [3.05, 3.63) is 0 Å². The summed E-state index contributed by atoms with van der Waals surface area (Å²) in [5.74, 6) is 0.725. The molecule has 2 aliphatic rings. The second-order valence-electron chi connectivity index (χ2n) is 3.05. The first-order valence-corrected chi connectivity index (χ1v) is 3.49. The number of carbonyl (C=O) groups excluding carboxylic acids is 1. The van der Waals surface area contributed by atoms with Crippen LogP contribution in [0, 0.1) is 5.92 Å². The minimum atomic E-state index is 0.0434. The minimum Gasteiger partial charge on any atom is -0.461 e. The molecule has 2 fully saturated rings. The van der Waals surface area contributed by atoms with Gasteiger partial charge in [0.2, 0.25) is 0 Å². The van der Waals surface area contributed by atoms with Gasteiger partial charge in [0.25, 0.3) is 6.47 Å². The van der Waals surface area contributed by atoms with Crippen LogP contribution in [0.2, 0.25) is 0 Å². The molecule has 0 aromatic heterocycles. The summed E-state index contributed by atoms with van der Waals surface area (Å²) in [6.07, 6.45) is 4.76. The molecule has 0 atom stereocenters. The molecule has 2 nitrogen and oxygen atoms in total. The molecule has 0 aromatic carbocycles. The molecule has 0 aromatic rings. The topological polar surface area (TPSA) is 26.3 Å². The maximum atomic E-state index is 9.97. The molecule has 0 heterocycles. The molecule has 50 valence electrons. The molecular formula is C7H10O2. The molecule has 2 heteroatoms. The van der Waals surface area contributed by atoms with Crippen molar-refractivity contribution in [2.24, 2.45) is 5.92 Å². The zero-order valence-corrected chi connectivity index (χ0v) is 5.30. The predicted octanol–water partition coefficient (Wildman–Crippen LogP) is 1.10. The lowest BCUT2D eigenvalue weighted by atomic mass is 10.2. The normalized spacial score (nSPS) is 29.3. The highest BCUT2D eigenvalue weighted by molar-refractivity contribution is 5.40. The SMILES string of the molecule is O=COC1(C2CC2)CC1. The van der Waals surface area contributed by atoms with E-state index in [4.69, 9.17) is 4.74 Å². The third-order valence-electron chi connectivity index (χ3n) is 2.35. The number of carbonyl (C=O) groups is 1. The highest BCUT2D eigenvalue weighted by atomic mass is 16.5. The van der Waals surface area contributed by atoms with Gasteiger partial charge in [-0.05, 0) is 31.6 Å². The molecular weight excluding hydrogens is 116 g/mol. The van der Waals surface area contributed by atoms with E-state index in [-0.39, 0.29) is 5.60 Å². The Bertz CT molecular complexity index is 134. The van der Waals surface area contributed by atoms with Crippen LogP contribution in [0.3, 0.4) is 0 Å². The third kappa shape index (κ3) is 0.732. The summed E-state index contributed by atoms with van der Waals surface area (Å²) in [5.41, 5.74) is 0.0434. The van der Waals surface area contributed by atoms with E-state index in [1.54, 1.807) is 0 Å². The van der Waals surface area contributed by atoms with Crippen molar-refractivity contribution in [3.63, 3.8) is 0 Å². The largest absolute Gasteiger partial charge is 0.461 e. The third-order valence-corrected chi connectivity index (χ3v) is 2.35. The molecule has 2 rings (SSSR count). The maximum absolute atomic E-state index is 9.97. The van der Waals surface area contributed by atoms with Crippen molar-refractivity contribution in [3.8, 4) is 0 Å². The Hall–Kier alpha value is -0.530. The van der Waals surface area contributed by atoms with Gasteiger partial charge >= 0.3 is 0 Å². The fourth-order valence-corrected chi connectivity index (χ4v) is 1.45. The Morgan fingerprint density at radius 1 is 1.44 bits per heavy atom. The van der Waals surface area contributed by atoms with E-state index in [1.165, 1.54) is 12.8 Å². The average Bonchev–Trinajstić information content (AvgIpc) is 2.61. The second kappa shape index (κ2) is 1.49. The number of hydrogen-bond donors (Lipinski definition) is 0. The number of hydrogen-bond acceptors (Lipinski definition) is 2. The molecule has 0 unspecified atom stereocenters. The summed E-state index contributed by atoms with van der Waals surface area (Å²) in [7, 11) is 0. The predicted molar refractivity (Wildman–Crippen MR) is 31.8 cm³/mol. The minimum absolute atomic E-state index is 0.0434. The van der Waals surface area contributed by atoms with E-state index >= 15 is 0 Å². The first-order chi connectivity index (χ1) is 4.37. The monoisotopic (exact) mass is 126 g/mol. The first-order valence-electron chi connectivity index (χ1n) is 3.49. The molecule has 0 aliphatic heterocycles. The Labute approximate surface area is 54.2 Å². The van der Waals surface area contributed by atoms with E-state index < -0.39 is 0 Å². The smallest absolute Gasteiger partial charge is 0.293 e. The standard InChI is InChI=1S/C7H10O2/c8-5-9-7(3-4-7)6-1-2-6/h5-6H,1-4H2. The summed E-state index contributed by atoms with van der Waals surface area (Å²) in [5, 5.41) is 0.